The van der Waals surface area contributed by atoms with Gasteiger partial charge in [0.1, 0.15) is 22.9 Å². The molecular formula is C14H14N8O5S3. The van der Waals surface area contributed by atoms with Crippen LogP contribution >= 0.6 is 35.1 Å². The number of nitrogen functional groups attached to an aromatic ring is 1. The fraction of sp³-hybridized carbons (Fsp3) is 0.214. The zero-order valence-corrected chi connectivity index (χ0v) is 17.3. The predicted octanol–water partition coefficient (Wildman–Crippen LogP) is -0.822. The number of hydrogen-bond donors (Lipinski definition) is 6. The molecule has 0 bridgehead atoms. The number of nitrogens with one attached hydrogen (secondary N) is 2. The number of thioether (sulfide) groups is 2. The molecule has 30 heavy (non-hydrogen) atoms. The number of oxime groups is 1. The standard InChI is InChI=1S/C14H14N8O5S3/c15-5(16)1-2-28-4-3-29-12-7(11(24)22(12)8(4)13(25)26)18-10(23)6(20-27)9-19-14(17)30-21-9/h1-2,7,12,27H,3H2,(H3,15,16)(H,18,23)(H,25,26)(H2,17,19,21)/b2-1+,20-6-/t7?,12-/m1/s1. The summed E-state index contributed by atoms with van der Waals surface area (Å²) in [5.41, 5.74) is 9.96. The molecule has 8 N–H and O–H groups in total. The van der Waals surface area contributed by atoms with E-state index >= 15 is 0 Å². The summed E-state index contributed by atoms with van der Waals surface area (Å²) in [4.78, 5) is 42.0. The van der Waals surface area contributed by atoms with Gasteiger partial charge in [-0.05, 0) is 11.5 Å². The molecule has 13 nitrogen and oxygen atoms in total. The van der Waals surface area contributed by atoms with Crippen molar-refractivity contribution in [2.75, 3.05) is 11.5 Å². The first-order valence-electron chi connectivity index (χ1n) is 7.95. The first-order valence-corrected chi connectivity index (χ1v) is 10.7. The van der Waals surface area contributed by atoms with E-state index in [1.54, 1.807) is 0 Å². The Morgan fingerprint density at radius 2 is 2.20 bits per heavy atom. The summed E-state index contributed by atoms with van der Waals surface area (Å²) in [6.07, 6.45) is 1.30. The number of carbonyl (C=O) groups excluding carboxylic acids is 2. The molecule has 3 heterocycles. The number of hydrogen-bond acceptors (Lipinski definition) is 12. The number of carboxylic acid groups (broad SMARTS) is 1. The zero-order valence-electron chi connectivity index (χ0n) is 14.8. The van der Waals surface area contributed by atoms with Crippen molar-refractivity contribution in [2.24, 2.45) is 10.9 Å². The number of nitrogens with two attached hydrogens (primary N) is 2. The van der Waals surface area contributed by atoms with Crippen LogP contribution in [0, 0.1) is 5.41 Å². The predicted molar refractivity (Wildman–Crippen MR) is 111 cm³/mol. The Morgan fingerprint density at radius 1 is 1.47 bits per heavy atom. The first-order chi connectivity index (χ1) is 14.2. The summed E-state index contributed by atoms with van der Waals surface area (Å²) in [7, 11) is 0. The van der Waals surface area contributed by atoms with Crippen LogP contribution < -0.4 is 16.8 Å². The Kier molecular flexibility index (Phi) is 6.28. The Morgan fingerprint density at radius 3 is 2.77 bits per heavy atom. The third kappa shape index (κ3) is 4.10. The third-order valence-corrected chi connectivity index (χ3v) is 6.75. The topological polar surface area (TPSA) is 221 Å². The minimum absolute atomic E-state index is 0.0628. The van der Waals surface area contributed by atoms with Crippen LogP contribution in [0.3, 0.4) is 0 Å². The highest BCUT2D eigenvalue weighted by Crippen LogP contribution is 2.43. The molecule has 2 atom stereocenters. The molecule has 2 aliphatic rings. The molecule has 16 heteroatoms. The zero-order chi connectivity index (χ0) is 22.0. The van der Waals surface area contributed by atoms with Gasteiger partial charge < -0.3 is 27.1 Å². The average Bonchev–Trinajstić information content (AvgIpc) is 3.11. The van der Waals surface area contributed by atoms with Gasteiger partial charge in [0, 0.05) is 22.2 Å². The van der Waals surface area contributed by atoms with Gasteiger partial charge >= 0.3 is 5.97 Å². The number of nitrogens with zero attached hydrogens (tertiary/aromatic N) is 4. The Labute approximate surface area is 180 Å². The van der Waals surface area contributed by atoms with Crippen molar-refractivity contribution in [3.8, 4) is 0 Å². The van der Waals surface area contributed by atoms with Gasteiger partial charge in [0.2, 0.25) is 11.5 Å². The maximum atomic E-state index is 12.6. The summed E-state index contributed by atoms with van der Waals surface area (Å²) in [6.45, 7) is 0. The molecule has 1 unspecified atom stereocenters. The van der Waals surface area contributed by atoms with Crippen LogP contribution in [0.1, 0.15) is 5.82 Å². The number of carboxylic acids is 1. The molecule has 0 saturated carbocycles. The second kappa shape index (κ2) is 8.72. The van der Waals surface area contributed by atoms with Crippen molar-refractivity contribution >= 4 is 69.5 Å². The molecule has 3 rings (SSSR count). The number of aromatic nitrogens is 2. The van der Waals surface area contributed by atoms with E-state index in [1.807, 2.05) is 0 Å². The maximum absolute atomic E-state index is 12.6. The van der Waals surface area contributed by atoms with Crippen LogP contribution in [-0.2, 0) is 14.4 Å². The van der Waals surface area contributed by atoms with Gasteiger partial charge in [-0.2, -0.15) is 9.36 Å². The second-order valence-corrected chi connectivity index (χ2v) is 8.61. The van der Waals surface area contributed by atoms with Crippen LogP contribution in [0.4, 0.5) is 5.13 Å². The van der Waals surface area contributed by atoms with E-state index in [4.69, 9.17) is 22.1 Å². The fourth-order valence-corrected chi connectivity index (χ4v) is 5.38. The smallest absolute Gasteiger partial charge is 0.353 e. The molecule has 0 spiro atoms. The van der Waals surface area contributed by atoms with Gasteiger partial charge in [-0.3, -0.25) is 19.9 Å². The maximum Gasteiger partial charge on any atom is 0.353 e. The minimum Gasteiger partial charge on any atom is -0.477 e. The molecule has 0 aromatic carbocycles. The quantitative estimate of drug-likeness (QED) is 0.0949. The monoisotopic (exact) mass is 470 g/mol. The van der Waals surface area contributed by atoms with E-state index in [0.717, 1.165) is 28.2 Å². The van der Waals surface area contributed by atoms with Gasteiger partial charge in [-0.15, -0.1) is 11.8 Å². The van der Waals surface area contributed by atoms with Crippen LogP contribution in [0.25, 0.3) is 0 Å². The Balaban J connectivity index is 1.76. The molecule has 0 radical (unpaired) electrons. The molecule has 158 valence electrons. The van der Waals surface area contributed by atoms with E-state index in [9.17, 15) is 19.5 Å². The highest BCUT2D eigenvalue weighted by molar-refractivity contribution is 8.08. The number of rotatable bonds is 7. The van der Waals surface area contributed by atoms with Crippen molar-refractivity contribution < 1.29 is 24.7 Å². The van der Waals surface area contributed by atoms with Crippen LogP contribution in [0.2, 0.25) is 0 Å². The van der Waals surface area contributed by atoms with E-state index < -0.39 is 34.9 Å². The number of amidine groups is 1. The normalized spacial score (nSPS) is 21.4. The van der Waals surface area contributed by atoms with Gasteiger partial charge in [0.15, 0.2) is 5.13 Å². The van der Waals surface area contributed by atoms with Crippen molar-refractivity contribution in [1.82, 2.24) is 19.6 Å². The number of amides is 2. The van der Waals surface area contributed by atoms with E-state index in [-0.39, 0.29) is 28.2 Å². The highest BCUT2D eigenvalue weighted by Gasteiger charge is 2.54. The lowest BCUT2D eigenvalue weighted by Crippen LogP contribution is -2.71. The average molecular weight is 471 g/mol. The van der Waals surface area contributed by atoms with E-state index in [2.05, 4.69) is 19.8 Å². The minimum atomic E-state index is -1.29. The molecule has 1 saturated heterocycles. The molecule has 1 aromatic rings. The number of anilines is 1. The Hall–Kier alpha value is -3.11. The lowest BCUT2D eigenvalue weighted by atomic mass is 10.0. The summed E-state index contributed by atoms with van der Waals surface area (Å²) in [5, 5.41) is 32.0. The highest BCUT2D eigenvalue weighted by atomic mass is 32.2. The lowest BCUT2D eigenvalue weighted by molar-refractivity contribution is -0.150. The summed E-state index contributed by atoms with van der Waals surface area (Å²) < 4.78 is 3.78. The second-order valence-electron chi connectivity index (χ2n) is 5.72. The number of aliphatic carboxylic acids is 1. The molecule has 1 fully saturated rings. The van der Waals surface area contributed by atoms with Crippen LogP contribution in [0.5, 0.6) is 0 Å². The van der Waals surface area contributed by atoms with Gasteiger partial charge in [-0.25, -0.2) is 4.79 Å². The first kappa shape index (κ1) is 21.6. The summed E-state index contributed by atoms with van der Waals surface area (Å²) in [5.74, 6) is -2.95. The van der Waals surface area contributed by atoms with Crippen LogP contribution in [0.15, 0.2) is 27.2 Å². The number of β-lactam (4-membered cyclic amide) rings is 1. The number of carbonyl (C=O) groups is 3. The van der Waals surface area contributed by atoms with Crippen molar-refractivity contribution in [1.29, 1.82) is 5.41 Å². The molecular weight excluding hydrogens is 456 g/mol. The summed E-state index contributed by atoms with van der Waals surface area (Å²) >= 11 is 3.10. The number of fused-ring (bicyclic) bond motifs is 1. The molecule has 1 aromatic heterocycles. The molecule has 0 aliphatic carbocycles. The van der Waals surface area contributed by atoms with Crippen LogP contribution in [-0.4, -0.2) is 71.1 Å². The third-order valence-electron chi connectivity index (χ3n) is 3.85. The van der Waals surface area contributed by atoms with Gasteiger partial charge in [0.05, 0.1) is 0 Å². The molecule has 2 aliphatic heterocycles. The van der Waals surface area contributed by atoms with E-state index in [1.165, 1.54) is 23.2 Å². The van der Waals surface area contributed by atoms with E-state index in [0.29, 0.717) is 4.91 Å². The lowest BCUT2D eigenvalue weighted by Gasteiger charge is -2.49. The largest absolute Gasteiger partial charge is 0.477 e. The molecule has 2 amide bonds. The fourth-order valence-electron chi connectivity index (χ4n) is 2.60. The Bertz CT molecular complexity index is 1020. The van der Waals surface area contributed by atoms with Crippen molar-refractivity contribution in [3.63, 3.8) is 0 Å². The van der Waals surface area contributed by atoms with Crippen molar-refractivity contribution in [3.05, 3.63) is 27.9 Å². The van der Waals surface area contributed by atoms with Gasteiger partial charge in [-0.1, -0.05) is 16.9 Å². The summed E-state index contributed by atoms with van der Waals surface area (Å²) in [6, 6.07) is -1.02. The van der Waals surface area contributed by atoms with Gasteiger partial charge in [0.25, 0.3) is 11.8 Å². The van der Waals surface area contributed by atoms with Crippen molar-refractivity contribution in [2.45, 2.75) is 11.4 Å². The SMILES string of the molecule is N=C(N)/C=C/SC1=C(C(=O)O)N2C(=O)C(NC(=O)/C(=N\O)c3nsc(N)n3)[C@H]2SC1.